The number of phenolic OH excluding ortho intramolecular Hbond substituents is 1. The Morgan fingerprint density at radius 1 is 1.00 bits per heavy atom. The van der Waals surface area contributed by atoms with Crippen LogP contribution in [0.2, 0.25) is 0 Å². The van der Waals surface area contributed by atoms with Crippen LogP contribution in [-0.2, 0) is 6.54 Å². The third-order valence-electron chi connectivity index (χ3n) is 4.18. The average Bonchev–Trinajstić information content (AvgIpc) is 2.85. The van der Waals surface area contributed by atoms with Gasteiger partial charge in [-0.15, -0.1) is 0 Å². The van der Waals surface area contributed by atoms with E-state index in [1.165, 1.54) is 17.0 Å². The van der Waals surface area contributed by atoms with Crippen molar-refractivity contribution in [3.63, 3.8) is 0 Å². The first-order chi connectivity index (χ1) is 11.1. The van der Waals surface area contributed by atoms with Gasteiger partial charge in [0.15, 0.2) is 0 Å². The third kappa shape index (κ3) is 2.97. The summed E-state index contributed by atoms with van der Waals surface area (Å²) in [5, 5.41) is 18.3. The minimum Gasteiger partial charge on any atom is -0.508 e. The summed E-state index contributed by atoms with van der Waals surface area (Å²) in [6.07, 6.45) is 0. The van der Waals surface area contributed by atoms with Gasteiger partial charge >= 0.3 is 0 Å². The van der Waals surface area contributed by atoms with Crippen LogP contribution < -0.4 is 0 Å². The zero-order valence-electron chi connectivity index (χ0n) is 13.2. The van der Waals surface area contributed by atoms with Crippen LogP contribution in [0.3, 0.4) is 0 Å². The fourth-order valence-electron chi connectivity index (χ4n) is 2.84. The maximum Gasteiger partial charge on any atom is 0.115 e. The van der Waals surface area contributed by atoms with Crippen molar-refractivity contribution in [3.05, 3.63) is 77.1 Å². The van der Waals surface area contributed by atoms with Gasteiger partial charge < -0.3 is 9.67 Å². The van der Waals surface area contributed by atoms with E-state index >= 15 is 0 Å². The van der Waals surface area contributed by atoms with Crippen LogP contribution in [0.1, 0.15) is 22.5 Å². The molecule has 0 fully saturated rings. The van der Waals surface area contributed by atoms with Crippen molar-refractivity contribution in [1.82, 2.24) is 4.57 Å². The lowest BCUT2D eigenvalue weighted by molar-refractivity contribution is 0.475. The number of phenols is 1. The molecule has 0 unspecified atom stereocenters. The first-order valence-corrected chi connectivity index (χ1v) is 7.53. The number of hydrogen-bond acceptors (Lipinski definition) is 2. The predicted octanol–water partition coefficient (Wildman–Crippen LogP) is 4.40. The van der Waals surface area contributed by atoms with E-state index in [1.807, 2.05) is 36.4 Å². The molecular weight excluding hydrogens is 284 g/mol. The number of nitriles is 1. The average molecular weight is 302 g/mol. The second-order valence-corrected chi connectivity index (χ2v) is 5.73. The Bertz CT molecular complexity index is 866. The van der Waals surface area contributed by atoms with Crippen molar-refractivity contribution in [2.75, 3.05) is 0 Å². The standard InChI is InChI=1S/C20H18N2O/c1-14-11-20(18-7-3-16(12-21)4-8-18)15(2)22(14)13-17-5-9-19(23)10-6-17/h3-11,23H,13H2,1-2H3. The van der Waals surface area contributed by atoms with Crippen molar-refractivity contribution in [2.45, 2.75) is 20.4 Å². The van der Waals surface area contributed by atoms with Gasteiger partial charge in [-0.2, -0.15) is 5.26 Å². The molecule has 23 heavy (non-hydrogen) atoms. The molecule has 0 saturated heterocycles. The predicted molar refractivity (Wildman–Crippen MR) is 91.3 cm³/mol. The maximum atomic E-state index is 9.40. The van der Waals surface area contributed by atoms with Crippen molar-refractivity contribution >= 4 is 0 Å². The minimum atomic E-state index is 0.285. The molecule has 0 aliphatic heterocycles. The highest BCUT2D eigenvalue weighted by atomic mass is 16.3. The molecule has 1 heterocycles. The van der Waals surface area contributed by atoms with E-state index in [2.05, 4.69) is 30.6 Å². The summed E-state index contributed by atoms with van der Waals surface area (Å²) in [5.74, 6) is 0.285. The molecule has 0 aliphatic rings. The number of rotatable bonds is 3. The van der Waals surface area contributed by atoms with Crippen LogP contribution in [0.25, 0.3) is 11.1 Å². The molecule has 3 heteroatoms. The minimum absolute atomic E-state index is 0.285. The summed E-state index contributed by atoms with van der Waals surface area (Å²) in [7, 11) is 0. The topological polar surface area (TPSA) is 49.0 Å². The smallest absolute Gasteiger partial charge is 0.115 e. The monoisotopic (exact) mass is 302 g/mol. The van der Waals surface area contributed by atoms with Crippen molar-refractivity contribution in [3.8, 4) is 22.9 Å². The second kappa shape index (κ2) is 6.02. The Balaban J connectivity index is 1.95. The molecule has 0 atom stereocenters. The molecule has 0 radical (unpaired) electrons. The Morgan fingerprint density at radius 3 is 2.26 bits per heavy atom. The van der Waals surface area contributed by atoms with Crippen molar-refractivity contribution < 1.29 is 5.11 Å². The molecule has 0 amide bonds. The number of nitrogens with zero attached hydrogens (tertiary/aromatic N) is 2. The van der Waals surface area contributed by atoms with Crippen LogP contribution in [0.15, 0.2) is 54.6 Å². The van der Waals surface area contributed by atoms with Crippen LogP contribution in [0.5, 0.6) is 5.75 Å². The maximum absolute atomic E-state index is 9.40. The normalized spacial score (nSPS) is 10.5. The highest BCUT2D eigenvalue weighted by Crippen LogP contribution is 2.28. The van der Waals surface area contributed by atoms with Gasteiger partial charge in [-0.3, -0.25) is 0 Å². The lowest BCUT2D eigenvalue weighted by Gasteiger charge is -2.10. The number of aromatic nitrogens is 1. The van der Waals surface area contributed by atoms with E-state index in [-0.39, 0.29) is 5.75 Å². The first-order valence-electron chi connectivity index (χ1n) is 7.53. The number of aromatic hydroxyl groups is 1. The van der Waals surface area contributed by atoms with Gasteiger partial charge in [0.25, 0.3) is 0 Å². The van der Waals surface area contributed by atoms with Crippen LogP contribution in [-0.4, -0.2) is 9.67 Å². The summed E-state index contributed by atoms with van der Waals surface area (Å²) in [5.41, 5.74) is 6.51. The Hall–Kier alpha value is -2.99. The summed E-state index contributed by atoms with van der Waals surface area (Å²) in [6, 6.07) is 19.3. The Morgan fingerprint density at radius 2 is 1.65 bits per heavy atom. The molecule has 1 N–H and O–H groups in total. The zero-order valence-corrected chi connectivity index (χ0v) is 13.2. The highest BCUT2D eigenvalue weighted by molar-refractivity contribution is 5.68. The molecule has 1 aromatic heterocycles. The van der Waals surface area contributed by atoms with Gasteiger partial charge in [-0.05, 0) is 55.3 Å². The van der Waals surface area contributed by atoms with E-state index in [0.717, 1.165) is 17.7 Å². The summed E-state index contributed by atoms with van der Waals surface area (Å²) >= 11 is 0. The molecular formula is C20H18N2O. The van der Waals surface area contributed by atoms with E-state index in [1.54, 1.807) is 12.1 Å². The van der Waals surface area contributed by atoms with Gasteiger partial charge in [-0.1, -0.05) is 24.3 Å². The molecule has 0 aliphatic carbocycles. The molecule has 0 spiro atoms. The summed E-state index contributed by atoms with van der Waals surface area (Å²) < 4.78 is 2.26. The van der Waals surface area contributed by atoms with Gasteiger partial charge in [0.05, 0.1) is 11.6 Å². The quantitative estimate of drug-likeness (QED) is 0.779. The summed E-state index contributed by atoms with van der Waals surface area (Å²) in [6.45, 7) is 4.98. The highest BCUT2D eigenvalue weighted by Gasteiger charge is 2.11. The molecule has 0 saturated carbocycles. The van der Waals surface area contributed by atoms with E-state index < -0.39 is 0 Å². The largest absolute Gasteiger partial charge is 0.508 e. The van der Waals surface area contributed by atoms with Crippen LogP contribution >= 0.6 is 0 Å². The Labute approximate surface area is 136 Å². The molecule has 0 bridgehead atoms. The lowest BCUT2D eigenvalue weighted by atomic mass is 10.0. The lowest BCUT2D eigenvalue weighted by Crippen LogP contribution is -2.03. The van der Waals surface area contributed by atoms with Gasteiger partial charge in [0.2, 0.25) is 0 Å². The number of aryl methyl sites for hydroxylation is 1. The fourth-order valence-corrected chi connectivity index (χ4v) is 2.84. The van der Waals surface area contributed by atoms with Gasteiger partial charge in [-0.25, -0.2) is 0 Å². The number of hydrogen-bond donors (Lipinski definition) is 1. The zero-order chi connectivity index (χ0) is 16.4. The van der Waals surface area contributed by atoms with Gasteiger partial charge in [0, 0.05) is 23.5 Å². The summed E-state index contributed by atoms with van der Waals surface area (Å²) in [4.78, 5) is 0. The molecule has 2 aromatic carbocycles. The van der Waals surface area contributed by atoms with E-state index in [0.29, 0.717) is 5.56 Å². The molecule has 3 aromatic rings. The van der Waals surface area contributed by atoms with Crippen molar-refractivity contribution in [1.29, 1.82) is 5.26 Å². The Kier molecular flexibility index (Phi) is 3.91. The molecule has 3 nitrogen and oxygen atoms in total. The SMILES string of the molecule is Cc1cc(-c2ccc(C#N)cc2)c(C)n1Cc1ccc(O)cc1. The van der Waals surface area contributed by atoms with E-state index in [4.69, 9.17) is 5.26 Å². The first kappa shape index (κ1) is 14.9. The van der Waals surface area contributed by atoms with Crippen LogP contribution in [0.4, 0.5) is 0 Å². The van der Waals surface area contributed by atoms with E-state index in [9.17, 15) is 5.11 Å². The third-order valence-corrected chi connectivity index (χ3v) is 4.18. The molecule has 114 valence electrons. The molecule has 3 rings (SSSR count). The van der Waals surface area contributed by atoms with Gasteiger partial charge in [0.1, 0.15) is 5.75 Å². The van der Waals surface area contributed by atoms with Crippen molar-refractivity contribution in [2.24, 2.45) is 0 Å². The second-order valence-electron chi connectivity index (χ2n) is 5.73. The number of benzene rings is 2. The van der Waals surface area contributed by atoms with Crippen LogP contribution in [0, 0.1) is 25.2 Å². The fraction of sp³-hybridized carbons (Fsp3) is 0.150.